The van der Waals surface area contributed by atoms with Crippen molar-refractivity contribution in [2.45, 2.75) is 38.2 Å². The molecule has 1 N–H and O–H groups in total. The van der Waals surface area contributed by atoms with Crippen molar-refractivity contribution >= 4 is 15.9 Å². The van der Waals surface area contributed by atoms with Gasteiger partial charge in [-0.15, -0.1) is 0 Å². The lowest BCUT2D eigenvalue weighted by molar-refractivity contribution is 0.154. The summed E-state index contributed by atoms with van der Waals surface area (Å²) in [5, 5.41) is 9.26. The number of ether oxygens (including phenoxy) is 1. The highest BCUT2D eigenvalue weighted by Crippen LogP contribution is 2.31. The van der Waals surface area contributed by atoms with Gasteiger partial charge in [0.25, 0.3) is 0 Å². The lowest BCUT2D eigenvalue weighted by atomic mass is 9.98. The van der Waals surface area contributed by atoms with E-state index in [0.717, 1.165) is 23.1 Å². The Labute approximate surface area is 98.4 Å². The third-order valence-electron chi connectivity index (χ3n) is 2.76. The minimum absolute atomic E-state index is 0.262. The van der Waals surface area contributed by atoms with Crippen LogP contribution in [0.1, 0.15) is 32.1 Å². The number of phenolic OH excluding ortho intramolecular Hbond substituents is 1. The summed E-state index contributed by atoms with van der Waals surface area (Å²) in [5.74, 6) is 1.09. The van der Waals surface area contributed by atoms with E-state index in [9.17, 15) is 5.11 Å². The number of rotatable bonds is 2. The van der Waals surface area contributed by atoms with Crippen LogP contribution in [0.5, 0.6) is 11.5 Å². The molecule has 2 nitrogen and oxygen atoms in total. The maximum absolute atomic E-state index is 9.26. The highest BCUT2D eigenvalue weighted by atomic mass is 79.9. The number of hydrogen-bond acceptors (Lipinski definition) is 2. The van der Waals surface area contributed by atoms with Crippen LogP contribution in [-0.4, -0.2) is 11.2 Å². The fourth-order valence-electron chi connectivity index (χ4n) is 1.95. The summed E-state index contributed by atoms with van der Waals surface area (Å²) in [7, 11) is 0. The molecular formula is C12H15BrO2. The fourth-order valence-corrected chi connectivity index (χ4v) is 2.41. The third kappa shape index (κ3) is 2.88. The zero-order valence-electron chi connectivity index (χ0n) is 8.58. The summed E-state index contributed by atoms with van der Waals surface area (Å²) < 4.78 is 6.71. The molecule has 2 rings (SSSR count). The fraction of sp³-hybridized carbons (Fsp3) is 0.500. The summed E-state index contributed by atoms with van der Waals surface area (Å²) in [6, 6.07) is 5.13. The zero-order chi connectivity index (χ0) is 10.7. The minimum Gasteiger partial charge on any atom is -0.508 e. The van der Waals surface area contributed by atoms with Gasteiger partial charge in [0.1, 0.15) is 11.5 Å². The van der Waals surface area contributed by atoms with E-state index in [4.69, 9.17) is 4.74 Å². The molecule has 0 aromatic heterocycles. The average molecular weight is 271 g/mol. The molecule has 1 aliphatic carbocycles. The second-order valence-electron chi connectivity index (χ2n) is 3.99. The molecule has 15 heavy (non-hydrogen) atoms. The van der Waals surface area contributed by atoms with Crippen molar-refractivity contribution in [3.05, 3.63) is 22.7 Å². The van der Waals surface area contributed by atoms with Crippen molar-refractivity contribution in [1.29, 1.82) is 0 Å². The molecule has 1 fully saturated rings. The predicted molar refractivity (Wildman–Crippen MR) is 63.3 cm³/mol. The summed E-state index contributed by atoms with van der Waals surface area (Å²) >= 11 is 3.39. The van der Waals surface area contributed by atoms with Crippen LogP contribution in [0.15, 0.2) is 22.7 Å². The van der Waals surface area contributed by atoms with Crippen molar-refractivity contribution in [1.82, 2.24) is 0 Å². The Balaban J connectivity index is 2.03. The Kier molecular flexibility index (Phi) is 3.52. The van der Waals surface area contributed by atoms with Gasteiger partial charge in [0, 0.05) is 0 Å². The van der Waals surface area contributed by atoms with Crippen LogP contribution >= 0.6 is 15.9 Å². The van der Waals surface area contributed by atoms with E-state index in [2.05, 4.69) is 15.9 Å². The summed E-state index contributed by atoms with van der Waals surface area (Å²) in [6.45, 7) is 0. The van der Waals surface area contributed by atoms with Gasteiger partial charge in [-0.3, -0.25) is 0 Å². The molecule has 1 aromatic rings. The maximum Gasteiger partial charge on any atom is 0.134 e. The smallest absolute Gasteiger partial charge is 0.134 e. The van der Waals surface area contributed by atoms with Crippen molar-refractivity contribution in [3.8, 4) is 11.5 Å². The molecule has 0 unspecified atom stereocenters. The Morgan fingerprint density at radius 3 is 2.60 bits per heavy atom. The molecule has 0 heterocycles. The van der Waals surface area contributed by atoms with E-state index in [1.54, 1.807) is 12.1 Å². The summed E-state index contributed by atoms with van der Waals surface area (Å²) in [4.78, 5) is 0. The van der Waals surface area contributed by atoms with Crippen LogP contribution in [0.2, 0.25) is 0 Å². The Morgan fingerprint density at radius 2 is 1.93 bits per heavy atom. The van der Waals surface area contributed by atoms with E-state index in [0.29, 0.717) is 6.10 Å². The summed E-state index contributed by atoms with van der Waals surface area (Å²) in [5.41, 5.74) is 0. The Bertz CT molecular complexity index is 332. The first-order valence-corrected chi connectivity index (χ1v) is 6.20. The van der Waals surface area contributed by atoms with Crippen molar-refractivity contribution in [2.24, 2.45) is 0 Å². The largest absolute Gasteiger partial charge is 0.508 e. The lowest BCUT2D eigenvalue weighted by Crippen LogP contribution is -2.19. The van der Waals surface area contributed by atoms with Gasteiger partial charge in [-0.1, -0.05) is 6.42 Å². The van der Waals surface area contributed by atoms with E-state index in [1.807, 2.05) is 6.07 Å². The molecular weight excluding hydrogens is 256 g/mol. The monoisotopic (exact) mass is 270 g/mol. The quantitative estimate of drug-likeness (QED) is 0.884. The average Bonchev–Trinajstić information content (AvgIpc) is 2.24. The van der Waals surface area contributed by atoms with Crippen LogP contribution < -0.4 is 4.74 Å². The SMILES string of the molecule is Oc1ccc(OC2CCCCC2)c(Br)c1. The second-order valence-corrected chi connectivity index (χ2v) is 4.85. The molecule has 0 bridgehead atoms. The standard InChI is InChI=1S/C12H15BrO2/c13-11-8-9(14)6-7-12(11)15-10-4-2-1-3-5-10/h6-8,10,14H,1-5H2. The molecule has 1 aromatic carbocycles. The van der Waals surface area contributed by atoms with Gasteiger partial charge in [0.05, 0.1) is 10.6 Å². The van der Waals surface area contributed by atoms with Gasteiger partial charge in [-0.25, -0.2) is 0 Å². The maximum atomic E-state index is 9.26. The minimum atomic E-state index is 0.262. The van der Waals surface area contributed by atoms with E-state index < -0.39 is 0 Å². The molecule has 1 saturated carbocycles. The van der Waals surface area contributed by atoms with Gasteiger partial charge in [0.15, 0.2) is 0 Å². The first-order chi connectivity index (χ1) is 7.25. The van der Waals surface area contributed by atoms with Gasteiger partial charge < -0.3 is 9.84 Å². The number of phenols is 1. The highest BCUT2D eigenvalue weighted by Gasteiger charge is 2.15. The van der Waals surface area contributed by atoms with Gasteiger partial charge in [-0.2, -0.15) is 0 Å². The van der Waals surface area contributed by atoms with Crippen LogP contribution in [0, 0.1) is 0 Å². The van der Waals surface area contributed by atoms with E-state index in [1.165, 1.54) is 19.3 Å². The van der Waals surface area contributed by atoms with Crippen molar-refractivity contribution < 1.29 is 9.84 Å². The van der Waals surface area contributed by atoms with Crippen molar-refractivity contribution in [3.63, 3.8) is 0 Å². The normalized spacial score (nSPS) is 17.7. The van der Waals surface area contributed by atoms with E-state index >= 15 is 0 Å². The Hall–Kier alpha value is -0.700. The van der Waals surface area contributed by atoms with Crippen LogP contribution in [0.4, 0.5) is 0 Å². The molecule has 0 atom stereocenters. The van der Waals surface area contributed by atoms with Gasteiger partial charge in [0.2, 0.25) is 0 Å². The molecule has 0 spiro atoms. The van der Waals surface area contributed by atoms with Crippen molar-refractivity contribution in [2.75, 3.05) is 0 Å². The molecule has 1 aliphatic rings. The molecule has 0 amide bonds. The number of halogens is 1. The second kappa shape index (κ2) is 4.88. The first-order valence-electron chi connectivity index (χ1n) is 5.41. The molecule has 0 saturated heterocycles. The van der Waals surface area contributed by atoms with E-state index in [-0.39, 0.29) is 5.75 Å². The number of benzene rings is 1. The highest BCUT2D eigenvalue weighted by molar-refractivity contribution is 9.10. The molecule has 82 valence electrons. The Morgan fingerprint density at radius 1 is 1.20 bits per heavy atom. The molecule has 0 aliphatic heterocycles. The predicted octanol–water partition coefficient (Wildman–Crippen LogP) is 3.87. The third-order valence-corrected chi connectivity index (χ3v) is 3.38. The molecule has 3 heteroatoms. The van der Waals surface area contributed by atoms with Crippen LogP contribution in [-0.2, 0) is 0 Å². The van der Waals surface area contributed by atoms with Gasteiger partial charge >= 0.3 is 0 Å². The van der Waals surface area contributed by atoms with Gasteiger partial charge in [-0.05, 0) is 59.8 Å². The first kappa shape index (κ1) is 10.8. The lowest BCUT2D eigenvalue weighted by Gasteiger charge is -2.23. The summed E-state index contributed by atoms with van der Waals surface area (Å²) in [6.07, 6.45) is 6.50. The number of hydrogen-bond donors (Lipinski definition) is 1. The number of aromatic hydroxyl groups is 1. The van der Waals surface area contributed by atoms with Crippen LogP contribution in [0.25, 0.3) is 0 Å². The topological polar surface area (TPSA) is 29.5 Å². The zero-order valence-corrected chi connectivity index (χ0v) is 10.2. The van der Waals surface area contributed by atoms with Crippen LogP contribution in [0.3, 0.4) is 0 Å². The molecule has 0 radical (unpaired) electrons.